The van der Waals surface area contributed by atoms with Gasteiger partial charge in [-0.1, -0.05) is 15.9 Å². The van der Waals surface area contributed by atoms with E-state index >= 15 is 0 Å². The van der Waals surface area contributed by atoms with E-state index in [-0.39, 0.29) is 23.6 Å². The lowest BCUT2D eigenvalue weighted by Crippen LogP contribution is -2.10. The third kappa shape index (κ3) is 2.55. The van der Waals surface area contributed by atoms with Crippen LogP contribution in [0.15, 0.2) is 16.6 Å². The summed E-state index contributed by atoms with van der Waals surface area (Å²) in [6.07, 6.45) is 0. The molecule has 0 bridgehead atoms. The van der Waals surface area contributed by atoms with Crippen LogP contribution in [0.5, 0.6) is 0 Å². The summed E-state index contributed by atoms with van der Waals surface area (Å²) in [6.45, 7) is 1.97. The lowest BCUT2D eigenvalue weighted by Gasteiger charge is -2.10. The summed E-state index contributed by atoms with van der Waals surface area (Å²) in [5.74, 6) is -0.374. The summed E-state index contributed by atoms with van der Waals surface area (Å²) < 4.78 is 5.60. The van der Waals surface area contributed by atoms with Crippen molar-refractivity contribution in [3.8, 4) is 6.07 Å². The smallest absolute Gasteiger partial charge is 0.339 e. The molecule has 0 atom stereocenters. The first-order valence-corrected chi connectivity index (χ1v) is 5.93. The van der Waals surface area contributed by atoms with Crippen LogP contribution in [0, 0.1) is 11.3 Å². The maximum Gasteiger partial charge on any atom is 0.339 e. The Hall–Kier alpha value is -1.05. The van der Waals surface area contributed by atoms with Gasteiger partial charge in [-0.05, 0) is 24.6 Å². The van der Waals surface area contributed by atoms with E-state index in [1.807, 2.05) is 6.07 Å². The fraction of sp³-hybridized carbons (Fsp3) is 0.273. The van der Waals surface area contributed by atoms with Crippen LogP contribution < -0.4 is 0 Å². The molecule has 0 aliphatic carbocycles. The molecule has 0 heterocycles. The number of esters is 1. The van der Waals surface area contributed by atoms with Crippen molar-refractivity contribution < 1.29 is 9.53 Å². The molecule has 16 heavy (non-hydrogen) atoms. The van der Waals surface area contributed by atoms with Gasteiger partial charge in [0.25, 0.3) is 0 Å². The van der Waals surface area contributed by atoms with E-state index in [0.29, 0.717) is 10.0 Å². The largest absolute Gasteiger partial charge is 0.462 e. The molecule has 0 spiro atoms. The number of hydrogen-bond donors (Lipinski definition) is 0. The minimum Gasteiger partial charge on any atom is -0.462 e. The quantitative estimate of drug-likeness (QED) is 0.636. The molecule has 84 valence electrons. The van der Waals surface area contributed by atoms with Gasteiger partial charge in [0, 0.05) is 10.4 Å². The molecular weight excluding hydrogens is 293 g/mol. The van der Waals surface area contributed by atoms with Crippen LogP contribution in [-0.4, -0.2) is 12.6 Å². The molecule has 0 saturated heterocycles. The number of carbonyl (C=O) groups excluding carboxylic acids is 1. The van der Waals surface area contributed by atoms with Gasteiger partial charge in [0.1, 0.15) is 6.07 Å². The zero-order chi connectivity index (χ0) is 12.1. The van der Waals surface area contributed by atoms with Gasteiger partial charge in [-0.15, -0.1) is 11.6 Å². The van der Waals surface area contributed by atoms with E-state index in [0.717, 1.165) is 0 Å². The normalized spacial score (nSPS) is 9.62. The van der Waals surface area contributed by atoms with E-state index in [4.69, 9.17) is 21.6 Å². The molecule has 1 aromatic rings. The van der Waals surface area contributed by atoms with Crippen LogP contribution in [0.2, 0.25) is 0 Å². The number of carbonyl (C=O) groups is 1. The second-order valence-electron chi connectivity index (χ2n) is 2.91. The molecule has 0 aromatic heterocycles. The van der Waals surface area contributed by atoms with Crippen molar-refractivity contribution in [1.29, 1.82) is 5.26 Å². The first kappa shape index (κ1) is 13.0. The zero-order valence-electron chi connectivity index (χ0n) is 8.59. The average Bonchev–Trinajstić information content (AvgIpc) is 2.28. The minimum absolute atomic E-state index is 0.143. The Labute approximate surface area is 107 Å². The molecule has 3 nitrogen and oxygen atoms in total. The predicted molar refractivity (Wildman–Crippen MR) is 64.4 cm³/mol. The van der Waals surface area contributed by atoms with Crippen LogP contribution in [0.4, 0.5) is 0 Å². The molecular formula is C11H9BrClNO2. The van der Waals surface area contributed by atoms with E-state index in [9.17, 15) is 4.79 Å². The first-order valence-electron chi connectivity index (χ1n) is 4.60. The lowest BCUT2D eigenvalue weighted by atomic mass is 10.0. The molecule has 1 rings (SSSR count). The van der Waals surface area contributed by atoms with Crippen molar-refractivity contribution in [2.75, 3.05) is 6.61 Å². The zero-order valence-corrected chi connectivity index (χ0v) is 10.9. The Morgan fingerprint density at radius 2 is 2.31 bits per heavy atom. The number of alkyl halides is 1. The van der Waals surface area contributed by atoms with Crippen molar-refractivity contribution in [2.45, 2.75) is 12.8 Å². The Balaban J connectivity index is 3.37. The van der Waals surface area contributed by atoms with Gasteiger partial charge in [0.2, 0.25) is 0 Å². The molecule has 0 unspecified atom stereocenters. The highest BCUT2D eigenvalue weighted by atomic mass is 79.9. The molecule has 0 N–H and O–H groups in total. The Kier molecular flexibility index (Phi) is 4.78. The topological polar surface area (TPSA) is 50.1 Å². The highest BCUT2D eigenvalue weighted by molar-refractivity contribution is 9.10. The number of hydrogen-bond acceptors (Lipinski definition) is 3. The van der Waals surface area contributed by atoms with Gasteiger partial charge < -0.3 is 4.74 Å². The van der Waals surface area contributed by atoms with Gasteiger partial charge in [0.05, 0.1) is 17.7 Å². The first-order chi connectivity index (χ1) is 7.65. The number of ether oxygens (including phenoxy) is 1. The minimum atomic E-state index is -0.518. The van der Waals surface area contributed by atoms with Gasteiger partial charge in [-0.3, -0.25) is 0 Å². The summed E-state index contributed by atoms with van der Waals surface area (Å²) in [4.78, 5) is 11.7. The Bertz CT molecular complexity index is 454. The van der Waals surface area contributed by atoms with E-state index < -0.39 is 5.97 Å². The number of halogens is 2. The lowest BCUT2D eigenvalue weighted by molar-refractivity contribution is 0.0525. The van der Waals surface area contributed by atoms with Crippen molar-refractivity contribution >= 4 is 33.5 Å². The predicted octanol–water partition coefficient (Wildman–Crippen LogP) is 3.24. The molecule has 0 fully saturated rings. The molecule has 0 saturated carbocycles. The van der Waals surface area contributed by atoms with Crippen molar-refractivity contribution in [3.05, 3.63) is 33.3 Å². The fourth-order valence-corrected chi connectivity index (χ4v) is 2.19. The van der Waals surface area contributed by atoms with Gasteiger partial charge >= 0.3 is 5.97 Å². The highest BCUT2D eigenvalue weighted by Gasteiger charge is 2.19. The Morgan fingerprint density at radius 3 is 2.81 bits per heavy atom. The Morgan fingerprint density at radius 1 is 1.62 bits per heavy atom. The molecule has 1 aromatic carbocycles. The van der Waals surface area contributed by atoms with Crippen LogP contribution >= 0.6 is 27.5 Å². The van der Waals surface area contributed by atoms with E-state index in [2.05, 4.69) is 15.9 Å². The van der Waals surface area contributed by atoms with Crippen LogP contribution in [-0.2, 0) is 10.6 Å². The van der Waals surface area contributed by atoms with Gasteiger partial charge in [-0.25, -0.2) is 4.79 Å². The van der Waals surface area contributed by atoms with Crippen LogP contribution in [0.1, 0.15) is 28.4 Å². The summed E-state index contributed by atoms with van der Waals surface area (Å²) in [5, 5.41) is 8.93. The summed E-state index contributed by atoms with van der Waals surface area (Å²) in [5.41, 5.74) is 1.10. The molecule has 0 aliphatic heterocycles. The third-order valence-corrected chi connectivity index (χ3v) is 3.00. The van der Waals surface area contributed by atoms with E-state index in [1.165, 1.54) is 0 Å². The number of rotatable bonds is 3. The summed E-state index contributed by atoms with van der Waals surface area (Å²) in [7, 11) is 0. The van der Waals surface area contributed by atoms with Crippen molar-refractivity contribution in [3.63, 3.8) is 0 Å². The van der Waals surface area contributed by atoms with Gasteiger partial charge in [-0.2, -0.15) is 5.26 Å². The fourth-order valence-electron chi connectivity index (χ4n) is 1.28. The van der Waals surface area contributed by atoms with E-state index in [1.54, 1.807) is 19.1 Å². The van der Waals surface area contributed by atoms with Crippen LogP contribution in [0.3, 0.4) is 0 Å². The highest BCUT2D eigenvalue weighted by Crippen LogP contribution is 2.26. The van der Waals surface area contributed by atoms with Crippen molar-refractivity contribution in [1.82, 2.24) is 0 Å². The number of nitrogens with zero attached hydrogens (tertiary/aromatic N) is 1. The number of benzene rings is 1. The third-order valence-electron chi connectivity index (χ3n) is 1.99. The van der Waals surface area contributed by atoms with Crippen molar-refractivity contribution in [2.24, 2.45) is 0 Å². The second-order valence-corrected chi connectivity index (χ2v) is 4.04. The SMILES string of the molecule is CCOC(=O)c1c(C#N)ccc(Br)c1CCl. The summed E-state index contributed by atoms with van der Waals surface area (Å²) in [6, 6.07) is 5.21. The van der Waals surface area contributed by atoms with Gasteiger partial charge in [0.15, 0.2) is 0 Å². The molecule has 0 radical (unpaired) electrons. The molecule has 0 aliphatic rings. The maximum atomic E-state index is 11.7. The average molecular weight is 303 g/mol. The van der Waals surface area contributed by atoms with Crippen LogP contribution in [0.25, 0.3) is 0 Å². The number of nitriles is 1. The second kappa shape index (κ2) is 5.88. The standard InChI is InChI=1S/C11H9BrClNO2/c1-2-16-11(15)10-7(6-14)3-4-9(12)8(10)5-13/h3-4H,2,5H2,1H3. The summed E-state index contributed by atoms with van der Waals surface area (Å²) >= 11 is 9.05. The molecule has 0 amide bonds. The monoisotopic (exact) mass is 301 g/mol. The molecule has 5 heteroatoms. The maximum absolute atomic E-state index is 11.7.